The van der Waals surface area contributed by atoms with Crippen molar-refractivity contribution in [3.05, 3.63) is 0 Å². The number of ketones is 1. The third kappa shape index (κ3) is 4.94. The number of likely N-dealkylation sites (N-methyl/N-ethyl adjacent to an activating group) is 1. The highest BCUT2D eigenvalue weighted by Gasteiger charge is 2.57. The van der Waals surface area contributed by atoms with Gasteiger partial charge in [-0.3, -0.25) is 14.5 Å². The van der Waals surface area contributed by atoms with Crippen molar-refractivity contribution in [1.29, 1.82) is 0 Å². The fourth-order valence-electron chi connectivity index (χ4n) is 7.58. The van der Waals surface area contributed by atoms with E-state index in [4.69, 9.17) is 0 Å². The molecule has 34 heavy (non-hydrogen) atoms. The third-order valence-electron chi connectivity index (χ3n) is 9.92. The molecule has 2 saturated carbocycles. The molecule has 2 heterocycles. The molecule has 6 nitrogen and oxygen atoms in total. The van der Waals surface area contributed by atoms with Crippen LogP contribution in [0, 0.1) is 17.3 Å². The van der Waals surface area contributed by atoms with Crippen LogP contribution in [0.25, 0.3) is 0 Å². The summed E-state index contributed by atoms with van der Waals surface area (Å²) >= 11 is 0. The highest BCUT2D eigenvalue weighted by molar-refractivity contribution is 6.09. The molecular formula is C28H47N3O3. The van der Waals surface area contributed by atoms with Gasteiger partial charge < -0.3 is 10.2 Å². The van der Waals surface area contributed by atoms with Crippen LogP contribution >= 0.6 is 0 Å². The Morgan fingerprint density at radius 2 is 1.44 bits per heavy atom. The van der Waals surface area contributed by atoms with E-state index in [0.717, 1.165) is 58.0 Å². The van der Waals surface area contributed by atoms with Crippen molar-refractivity contribution >= 4 is 17.7 Å². The molecule has 0 aromatic carbocycles. The lowest BCUT2D eigenvalue weighted by Gasteiger charge is -2.45. The first kappa shape index (κ1) is 25.7. The van der Waals surface area contributed by atoms with E-state index in [-0.39, 0.29) is 41.5 Å². The molecule has 2 aliphatic carbocycles. The van der Waals surface area contributed by atoms with Crippen LogP contribution in [0.5, 0.6) is 0 Å². The predicted octanol–water partition coefficient (Wildman–Crippen LogP) is 5.30. The topological polar surface area (TPSA) is 69.7 Å². The maximum Gasteiger partial charge on any atom is 0.327 e. The SMILES string of the molecule is CN1C(=O)N(CC(=O)C2CCNCC23CCCCCCCCCC3)C(=O)C1(C)C1CCCCC1. The Hall–Kier alpha value is -1.43. The number of Topliss-reactive ketones (excluding diaryl/α,β-unsaturated/α-hetero) is 1. The zero-order valence-electron chi connectivity index (χ0n) is 21.7. The Kier molecular flexibility index (Phi) is 8.37. The zero-order valence-corrected chi connectivity index (χ0v) is 21.7. The highest BCUT2D eigenvalue weighted by Crippen LogP contribution is 2.45. The lowest BCUT2D eigenvalue weighted by Crippen LogP contribution is -2.53. The fraction of sp³-hybridized carbons (Fsp3) is 0.893. The van der Waals surface area contributed by atoms with Crippen LogP contribution in [0.2, 0.25) is 0 Å². The van der Waals surface area contributed by atoms with E-state index in [1.807, 2.05) is 6.92 Å². The minimum absolute atomic E-state index is 0.0237. The number of piperidine rings is 1. The van der Waals surface area contributed by atoms with E-state index in [1.54, 1.807) is 11.9 Å². The molecule has 0 radical (unpaired) electrons. The largest absolute Gasteiger partial charge is 0.327 e. The number of hydrogen-bond acceptors (Lipinski definition) is 4. The molecule has 0 aromatic rings. The van der Waals surface area contributed by atoms with Crippen LogP contribution in [0.4, 0.5) is 4.79 Å². The lowest BCUT2D eigenvalue weighted by atomic mass is 9.64. The number of hydrogen-bond donors (Lipinski definition) is 1. The number of rotatable bonds is 4. The normalized spacial score (nSPS) is 32.1. The van der Waals surface area contributed by atoms with E-state index >= 15 is 0 Å². The molecule has 2 aliphatic heterocycles. The number of urea groups is 1. The van der Waals surface area contributed by atoms with Gasteiger partial charge in [-0.05, 0) is 56.9 Å². The smallest absolute Gasteiger partial charge is 0.316 e. The Morgan fingerprint density at radius 3 is 2.06 bits per heavy atom. The molecule has 2 atom stereocenters. The summed E-state index contributed by atoms with van der Waals surface area (Å²) < 4.78 is 0. The van der Waals surface area contributed by atoms with Crippen molar-refractivity contribution in [2.24, 2.45) is 17.3 Å². The number of carbonyl (C=O) groups is 3. The van der Waals surface area contributed by atoms with Crippen molar-refractivity contribution in [3.63, 3.8) is 0 Å². The molecular weight excluding hydrogens is 426 g/mol. The van der Waals surface area contributed by atoms with Crippen molar-refractivity contribution in [3.8, 4) is 0 Å². The summed E-state index contributed by atoms with van der Waals surface area (Å²) in [6.45, 7) is 3.63. The van der Waals surface area contributed by atoms with Gasteiger partial charge in [0.25, 0.3) is 5.91 Å². The molecule has 2 saturated heterocycles. The highest BCUT2D eigenvalue weighted by atomic mass is 16.2. The third-order valence-corrected chi connectivity index (χ3v) is 9.92. The minimum Gasteiger partial charge on any atom is -0.316 e. The van der Waals surface area contributed by atoms with E-state index in [2.05, 4.69) is 5.32 Å². The van der Waals surface area contributed by atoms with Crippen LogP contribution in [0.3, 0.4) is 0 Å². The number of nitrogens with zero attached hydrogens (tertiary/aromatic N) is 2. The monoisotopic (exact) mass is 473 g/mol. The van der Waals surface area contributed by atoms with Gasteiger partial charge >= 0.3 is 6.03 Å². The molecule has 192 valence electrons. The van der Waals surface area contributed by atoms with Gasteiger partial charge in [0.05, 0.1) is 6.54 Å². The lowest BCUT2D eigenvalue weighted by molar-refractivity contribution is -0.140. The Morgan fingerprint density at radius 1 is 0.882 bits per heavy atom. The van der Waals surface area contributed by atoms with Gasteiger partial charge in [-0.1, -0.05) is 70.6 Å². The first-order valence-electron chi connectivity index (χ1n) is 14.2. The number of carbonyl (C=O) groups excluding carboxylic acids is 3. The number of nitrogens with one attached hydrogen (secondary N) is 1. The Balaban J connectivity index is 1.50. The van der Waals surface area contributed by atoms with Gasteiger partial charge in [-0.15, -0.1) is 0 Å². The quantitative estimate of drug-likeness (QED) is 0.563. The summed E-state index contributed by atoms with van der Waals surface area (Å²) in [7, 11) is 1.76. The van der Waals surface area contributed by atoms with Gasteiger partial charge in [0.15, 0.2) is 5.78 Å². The summed E-state index contributed by atoms with van der Waals surface area (Å²) in [6.07, 6.45) is 18.5. The average Bonchev–Trinajstić information content (AvgIpc) is 3.00. The number of imide groups is 1. The molecule has 1 spiro atoms. The summed E-state index contributed by atoms with van der Waals surface area (Å²) in [5.74, 6) is 0.0993. The van der Waals surface area contributed by atoms with Crippen molar-refractivity contribution in [2.75, 3.05) is 26.7 Å². The average molecular weight is 474 g/mol. The second-order valence-corrected chi connectivity index (χ2v) is 11.9. The second-order valence-electron chi connectivity index (χ2n) is 11.9. The fourth-order valence-corrected chi connectivity index (χ4v) is 7.58. The van der Waals surface area contributed by atoms with Crippen LogP contribution in [0.15, 0.2) is 0 Å². The van der Waals surface area contributed by atoms with Crippen LogP contribution < -0.4 is 5.32 Å². The molecule has 0 aromatic heterocycles. The van der Waals surface area contributed by atoms with Crippen LogP contribution in [-0.2, 0) is 9.59 Å². The molecule has 0 bridgehead atoms. The molecule has 1 N–H and O–H groups in total. The van der Waals surface area contributed by atoms with E-state index in [1.165, 1.54) is 62.7 Å². The standard InChI is InChI=1S/C28H47N3O3/c1-27(22-14-10-9-11-15-22)25(33)31(26(34)30(27)2)20-24(32)23-16-19-29-21-28(23)17-12-7-5-3-4-6-8-13-18-28/h22-23,29H,3-21H2,1-2H3. The molecule has 4 aliphatic rings. The van der Waals surface area contributed by atoms with E-state index in [0.29, 0.717) is 0 Å². The molecule has 3 amide bonds. The maximum atomic E-state index is 13.8. The van der Waals surface area contributed by atoms with Gasteiger partial charge in [0, 0.05) is 19.5 Å². The summed E-state index contributed by atoms with van der Waals surface area (Å²) in [5, 5.41) is 3.60. The number of amides is 3. The Bertz CT molecular complexity index is 735. The van der Waals surface area contributed by atoms with Gasteiger partial charge in [0.1, 0.15) is 5.54 Å². The minimum atomic E-state index is -0.807. The molecule has 4 rings (SSSR count). The Labute approximate surface area is 206 Å². The van der Waals surface area contributed by atoms with Crippen molar-refractivity contribution in [1.82, 2.24) is 15.1 Å². The van der Waals surface area contributed by atoms with Crippen LogP contribution in [-0.4, -0.2) is 59.7 Å². The maximum absolute atomic E-state index is 13.8. The van der Waals surface area contributed by atoms with Crippen molar-refractivity contribution < 1.29 is 14.4 Å². The molecule has 6 heteroatoms. The summed E-state index contributed by atoms with van der Waals surface area (Å²) in [5.41, 5.74) is -0.831. The summed E-state index contributed by atoms with van der Waals surface area (Å²) in [6, 6.07) is -0.281. The zero-order chi connectivity index (χ0) is 24.2. The van der Waals surface area contributed by atoms with Crippen LogP contribution in [0.1, 0.15) is 110 Å². The van der Waals surface area contributed by atoms with Gasteiger partial charge in [-0.2, -0.15) is 0 Å². The molecule has 2 unspecified atom stereocenters. The van der Waals surface area contributed by atoms with Gasteiger partial charge in [-0.25, -0.2) is 4.79 Å². The predicted molar refractivity (Wildman–Crippen MR) is 134 cm³/mol. The van der Waals surface area contributed by atoms with Crippen molar-refractivity contribution in [2.45, 2.75) is 115 Å². The first-order chi connectivity index (χ1) is 16.4. The second kappa shape index (κ2) is 11.1. The van der Waals surface area contributed by atoms with Gasteiger partial charge in [0.2, 0.25) is 0 Å². The van der Waals surface area contributed by atoms with E-state index in [9.17, 15) is 14.4 Å². The first-order valence-corrected chi connectivity index (χ1v) is 14.2. The molecule has 4 fully saturated rings. The summed E-state index contributed by atoms with van der Waals surface area (Å²) in [4.78, 5) is 43.7. The van der Waals surface area contributed by atoms with E-state index < -0.39 is 5.54 Å².